The first kappa shape index (κ1) is 52.4. The summed E-state index contributed by atoms with van der Waals surface area (Å²) in [5.74, 6) is 3.39. The van der Waals surface area contributed by atoms with E-state index in [0.29, 0.717) is 12.2 Å². The summed E-state index contributed by atoms with van der Waals surface area (Å²) in [5, 5.41) is 0. The van der Waals surface area contributed by atoms with Gasteiger partial charge in [-0.25, -0.2) is 0 Å². The first-order chi connectivity index (χ1) is 40.0. The molecule has 0 fully saturated rings. The lowest BCUT2D eigenvalue weighted by molar-refractivity contribution is 0.112. The van der Waals surface area contributed by atoms with Crippen molar-refractivity contribution in [1.29, 1.82) is 0 Å². The van der Waals surface area contributed by atoms with Crippen LogP contribution in [0.3, 0.4) is 0 Å². The third kappa shape index (κ3) is 9.36. The lowest BCUT2D eigenvalue weighted by Gasteiger charge is -2.34. The molecule has 0 amide bonds. The molecule has 1 heterocycles. The number of nitrogens with zero attached hydrogens (tertiary/aromatic N) is 1. The van der Waals surface area contributed by atoms with Gasteiger partial charge in [-0.2, -0.15) is 0 Å². The van der Waals surface area contributed by atoms with E-state index in [1.165, 1.54) is 108 Å². The average Bonchev–Trinajstić information content (AvgIpc) is 1.87. The first-order valence-corrected chi connectivity index (χ1v) is 29.4. The molecule has 3 aliphatic rings. The highest BCUT2D eigenvalue weighted by Crippen LogP contribution is 2.58. The molecule has 0 saturated carbocycles. The van der Waals surface area contributed by atoms with Crippen LogP contribution < -0.4 is 19.1 Å². The SMILES string of the molecule is CCCCCCOc1ccc(C2(c3ccc(CCCOc4ccc(C=O)cc4)cc3)c3cc(C)ccc3-c3ccc(-c4ccc5c(c4)C(C)(C)c4cc(-c6ccc7c(c6)N(c6ccc(C)cc6)c6ccc(C)cc6O7)ccc4-5)cc32)cc1. The summed E-state index contributed by atoms with van der Waals surface area (Å²) in [4.78, 5) is 13.5. The van der Waals surface area contributed by atoms with Crippen molar-refractivity contribution >= 4 is 23.3 Å². The van der Waals surface area contributed by atoms with Crippen molar-refractivity contribution in [2.45, 2.75) is 90.9 Å². The Balaban J connectivity index is 0.848. The molecule has 1 aliphatic heterocycles. The Bertz CT molecular complexity index is 4040. The number of carbonyl (C=O) groups is 1. The Morgan fingerprint density at radius 2 is 0.963 bits per heavy atom. The van der Waals surface area contributed by atoms with Gasteiger partial charge in [0, 0.05) is 16.7 Å². The van der Waals surface area contributed by atoms with Crippen LogP contribution in [0.4, 0.5) is 17.1 Å². The summed E-state index contributed by atoms with van der Waals surface area (Å²) < 4.78 is 19.1. The Morgan fingerprint density at radius 3 is 1.60 bits per heavy atom. The number of fused-ring (bicyclic) bond motifs is 8. The highest BCUT2D eigenvalue weighted by Gasteiger charge is 2.47. The van der Waals surface area contributed by atoms with Gasteiger partial charge in [-0.15, -0.1) is 0 Å². The molecule has 10 aromatic carbocycles. The zero-order valence-electron chi connectivity index (χ0n) is 47.9. The van der Waals surface area contributed by atoms with Crippen molar-refractivity contribution < 1.29 is 19.0 Å². The lowest BCUT2D eigenvalue weighted by atomic mass is 9.67. The van der Waals surface area contributed by atoms with Gasteiger partial charge < -0.3 is 19.1 Å². The van der Waals surface area contributed by atoms with Crippen LogP contribution in [0.15, 0.2) is 206 Å². The third-order valence-corrected chi connectivity index (χ3v) is 17.5. The van der Waals surface area contributed by atoms with E-state index in [-0.39, 0.29) is 5.41 Å². The Kier molecular flexibility index (Phi) is 13.8. The van der Waals surface area contributed by atoms with Crippen LogP contribution >= 0.6 is 0 Å². The third-order valence-electron chi connectivity index (χ3n) is 17.5. The first-order valence-electron chi connectivity index (χ1n) is 29.4. The maximum absolute atomic E-state index is 11.2. The number of hydrogen-bond donors (Lipinski definition) is 0. The Labute approximate surface area is 483 Å². The van der Waals surface area contributed by atoms with Crippen molar-refractivity contribution in [3.05, 3.63) is 267 Å². The second-order valence-electron chi connectivity index (χ2n) is 23.4. The molecule has 5 nitrogen and oxygen atoms in total. The number of aldehydes is 1. The van der Waals surface area contributed by atoms with Crippen LogP contribution in [0.1, 0.15) is 119 Å². The molecule has 5 heteroatoms. The normalized spacial score (nSPS) is 14.9. The monoisotopic (exact) mass is 1070 g/mol. The molecular formula is C77H69NO4. The summed E-state index contributed by atoms with van der Waals surface area (Å²) in [7, 11) is 0. The zero-order chi connectivity index (χ0) is 56.1. The molecule has 0 spiro atoms. The molecule has 0 bridgehead atoms. The fourth-order valence-electron chi connectivity index (χ4n) is 13.1. The number of aryl methyl sites for hydroxylation is 4. The molecule has 0 N–H and O–H groups in total. The summed E-state index contributed by atoms with van der Waals surface area (Å²) in [6, 6.07) is 75.9. The highest BCUT2D eigenvalue weighted by molar-refractivity contribution is 5.92. The summed E-state index contributed by atoms with van der Waals surface area (Å²) >= 11 is 0. The summed E-state index contributed by atoms with van der Waals surface area (Å²) in [5.41, 5.74) is 25.3. The number of unbranched alkanes of at least 4 members (excludes halogenated alkanes) is 3. The minimum atomic E-state index is -0.604. The minimum Gasteiger partial charge on any atom is -0.494 e. The van der Waals surface area contributed by atoms with Gasteiger partial charge in [-0.3, -0.25) is 4.79 Å². The van der Waals surface area contributed by atoms with Crippen LogP contribution in [0.25, 0.3) is 44.5 Å². The van der Waals surface area contributed by atoms with Crippen LogP contribution in [0.2, 0.25) is 0 Å². The molecule has 10 aromatic rings. The van der Waals surface area contributed by atoms with Crippen molar-refractivity contribution in [3.63, 3.8) is 0 Å². The van der Waals surface area contributed by atoms with Crippen LogP contribution in [0.5, 0.6) is 23.0 Å². The van der Waals surface area contributed by atoms with E-state index in [1.54, 1.807) is 12.1 Å². The predicted octanol–water partition coefficient (Wildman–Crippen LogP) is 20.0. The quantitative estimate of drug-likeness (QED) is 0.0672. The molecule has 1 atom stereocenters. The van der Waals surface area contributed by atoms with Gasteiger partial charge in [-0.05, 0) is 220 Å². The van der Waals surface area contributed by atoms with Gasteiger partial charge in [0.25, 0.3) is 0 Å². The van der Waals surface area contributed by atoms with E-state index in [2.05, 4.69) is 228 Å². The van der Waals surface area contributed by atoms with Gasteiger partial charge in [0.15, 0.2) is 11.5 Å². The Morgan fingerprint density at radius 1 is 0.451 bits per heavy atom. The van der Waals surface area contributed by atoms with Crippen LogP contribution in [-0.4, -0.2) is 19.5 Å². The predicted molar refractivity (Wildman–Crippen MR) is 336 cm³/mol. The number of rotatable bonds is 17. The van der Waals surface area contributed by atoms with E-state index in [4.69, 9.17) is 14.2 Å². The molecule has 13 rings (SSSR count). The van der Waals surface area contributed by atoms with Crippen LogP contribution in [0, 0.1) is 20.8 Å². The van der Waals surface area contributed by atoms with E-state index in [1.807, 2.05) is 12.1 Å². The molecule has 0 saturated heterocycles. The van der Waals surface area contributed by atoms with Gasteiger partial charge in [0.1, 0.15) is 17.8 Å². The van der Waals surface area contributed by atoms with Crippen molar-refractivity contribution in [2.24, 2.45) is 0 Å². The van der Waals surface area contributed by atoms with Gasteiger partial charge in [-0.1, -0.05) is 166 Å². The molecule has 1 unspecified atom stereocenters. The lowest BCUT2D eigenvalue weighted by Crippen LogP contribution is -2.28. The van der Waals surface area contributed by atoms with Crippen LogP contribution in [-0.2, 0) is 17.3 Å². The van der Waals surface area contributed by atoms with E-state index < -0.39 is 5.41 Å². The highest BCUT2D eigenvalue weighted by atomic mass is 16.5. The minimum absolute atomic E-state index is 0.261. The second-order valence-corrected chi connectivity index (χ2v) is 23.4. The molecule has 2 aliphatic carbocycles. The van der Waals surface area contributed by atoms with Crippen molar-refractivity contribution in [3.8, 4) is 67.5 Å². The number of hydrogen-bond acceptors (Lipinski definition) is 5. The molecular weight excluding hydrogens is 1000 g/mol. The van der Waals surface area contributed by atoms with E-state index >= 15 is 0 Å². The standard InChI is InChI=1S/C77H69NO4/c1-7-8-9-10-41-80-63-33-27-60(28-34-63)77(59-25-17-53(18-26-59)12-11-42-81-62-31-19-54(49-79)20-32-62)70-43-51(3)15-35-66(70)67-38-23-57(47-71(67)77)55-21-36-64-65-37-22-56(46-69(65)76(5,6)68(64)45-55)58-24-40-74-73(48-58)78(61-29-13-50(2)14-30-61)72-39-16-52(4)44-75(72)82-74/h13-40,43-49H,7-12,41-42H2,1-6H3. The van der Waals surface area contributed by atoms with Crippen molar-refractivity contribution in [1.82, 2.24) is 0 Å². The second kappa shape index (κ2) is 21.5. The van der Waals surface area contributed by atoms with Crippen molar-refractivity contribution in [2.75, 3.05) is 18.1 Å². The molecule has 0 radical (unpaired) electrons. The molecule has 406 valence electrons. The fraction of sp³-hybridized carbons (Fsp3) is 0.208. The van der Waals surface area contributed by atoms with E-state index in [9.17, 15) is 4.79 Å². The topological polar surface area (TPSA) is 48.0 Å². The summed E-state index contributed by atoms with van der Waals surface area (Å²) in [6.45, 7) is 14.8. The summed E-state index contributed by atoms with van der Waals surface area (Å²) in [6.07, 6.45) is 7.27. The number of benzene rings is 10. The van der Waals surface area contributed by atoms with Gasteiger partial charge >= 0.3 is 0 Å². The Hall–Kier alpha value is -8.93. The van der Waals surface area contributed by atoms with Gasteiger partial charge in [0.2, 0.25) is 0 Å². The largest absolute Gasteiger partial charge is 0.494 e. The van der Waals surface area contributed by atoms with E-state index in [0.717, 1.165) is 83.3 Å². The smallest absolute Gasteiger partial charge is 0.151 e. The fourth-order valence-corrected chi connectivity index (χ4v) is 13.1. The molecule has 0 aromatic heterocycles. The number of anilines is 3. The number of carbonyl (C=O) groups excluding carboxylic acids is 1. The number of ether oxygens (including phenoxy) is 3. The maximum atomic E-state index is 11.2. The molecule has 82 heavy (non-hydrogen) atoms. The average molecular weight is 1070 g/mol. The zero-order valence-corrected chi connectivity index (χ0v) is 47.9. The maximum Gasteiger partial charge on any atom is 0.151 e. The van der Waals surface area contributed by atoms with Gasteiger partial charge in [0.05, 0.1) is 30.0 Å².